The molecule has 0 saturated heterocycles. The van der Waals surface area contributed by atoms with E-state index < -0.39 is 41.4 Å². The van der Waals surface area contributed by atoms with Gasteiger partial charge in [0.05, 0.1) is 0 Å². The number of nitrogens with one attached hydrogen (secondary N) is 1. The van der Waals surface area contributed by atoms with Crippen molar-refractivity contribution >= 4 is 18.0 Å². The highest BCUT2D eigenvalue weighted by Gasteiger charge is 2.33. The number of alkyl carbamates (subject to hydrolysis) is 1. The number of carbonyl (C=O) groups is 3. The normalized spacial score (nSPS) is 16.1. The van der Waals surface area contributed by atoms with Gasteiger partial charge in [0.1, 0.15) is 11.6 Å². The van der Waals surface area contributed by atoms with Crippen LogP contribution >= 0.6 is 0 Å². The maximum absolute atomic E-state index is 11.6. The standard InChI is InChI=1S/C12H22N2O5/c1-6(7(2)9(13)15)8(10(16)17)14-11(18)19-12(3,4)5/h6-8H,1-5H3,(H2,13,15)(H,14,18)(H,16,17)/t6?,7?,8-/m0/s1. The molecule has 0 radical (unpaired) electrons. The number of amides is 2. The van der Waals surface area contributed by atoms with E-state index in [0.29, 0.717) is 0 Å². The van der Waals surface area contributed by atoms with Crippen LogP contribution in [0.3, 0.4) is 0 Å². The van der Waals surface area contributed by atoms with Crippen molar-refractivity contribution in [1.82, 2.24) is 5.32 Å². The Morgan fingerprint density at radius 2 is 1.68 bits per heavy atom. The summed E-state index contributed by atoms with van der Waals surface area (Å²) in [6.45, 7) is 8.04. The Hall–Kier alpha value is -1.79. The predicted molar refractivity (Wildman–Crippen MR) is 68.3 cm³/mol. The first-order valence-corrected chi connectivity index (χ1v) is 5.97. The number of rotatable bonds is 5. The van der Waals surface area contributed by atoms with Crippen LogP contribution in [0.2, 0.25) is 0 Å². The number of hydrogen-bond acceptors (Lipinski definition) is 4. The first-order valence-electron chi connectivity index (χ1n) is 5.97. The summed E-state index contributed by atoms with van der Waals surface area (Å²) in [6, 6.07) is -1.24. The molecule has 0 saturated carbocycles. The van der Waals surface area contributed by atoms with Crippen molar-refractivity contribution in [1.29, 1.82) is 0 Å². The Morgan fingerprint density at radius 3 is 2.00 bits per heavy atom. The summed E-state index contributed by atoms with van der Waals surface area (Å²) in [6.07, 6.45) is -0.844. The van der Waals surface area contributed by atoms with Gasteiger partial charge in [-0.3, -0.25) is 4.79 Å². The van der Waals surface area contributed by atoms with Gasteiger partial charge in [-0.15, -0.1) is 0 Å². The smallest absolute Gasteiger partial charge is 0.408 e. The minimum absolute atomic E-state index is 0.621. The van der Waals surface area contributed by atoms with Crippen molar-refractivity contribution < 1.29 is 24.2 Å². The lowest BCUT2D eigenvalue weighted by atomic mass is 9.88. The number of primary amides is 1. The molecule has 0 spiro atoms. The summed E-state index contributed by atoms with van der Waals surface area (Å²) >= 11 is 0. The Morgan fingerprint density at radius 1 is 1.21 bits per heavy atom. The zero-order chi connectivity index (χ0) is 15.4. The third-order valence-electron chi connectivity index (χ3n) is 2.70. The van der Waals surface area contributed by atoms with Crippen LogP contribution in [0.1, 0.15) is 34.6 Å². The van der Waals surface area contributed by atoms with Crippen LogP contribution in [-0.2, 0) is 14.3 Å². The first kappa shape index (κ1) is 17.2. The van der Waals surface area contributed by atoms with Gasteiger partial charge in [0.25, 0.3) is 0 Å². The fraction of sp³-hybridized carbons (Fsp3) is 0.750. The molecular formula is C12H22N2O5. The van der Waals surface area contributed by atoms with E-state index in [1.165, 1.54) is 13.8 Å². The van der Waals surface area contributed by atoms with Gasteiger partial charge in [0, 0.05) is 5.92 Å². The van der Waals surface area contributed by atoms with Crippen molar-refractivity contribution in [2.75, 3.05) is 0 Å². The molecule has 0 aromatic rings. The van der Waals surface area contributed by atoms with E-state index in [2.05, 4.69) is 5.32 Å². The van der Waals surface area contributed by atoms with Crippen LogP contribution in [0.15, 0.2) is 0 Å². The lowest BCUT2D eigenvalue weighted by Gasteiger charge is -2.26. The maximum atomic E-state index is 11.6. The summed E-state index contributed by atoms with van der Waals surface area (Å²) in [5, 5.41) is 11.3. The number of hydrogen-bond donors (Lipinski definition) is 3. The number of carbonyl (C=O) groups excluding carboxylic acids is 2. The van der Waals surface area contributed by atoms with Crippen molar-refractivity contribution in [3.05, 3.63) is 0 Å². The second-order valence-corrected chi connectivity index (χ2v) is 5.51. The van der Waals surface area contributed by atoms with Gasteiger partial charge in [-0.25, -0.2) is 9.59 Å². The molecule has 2 unspecified atom stereocenters. The molecule has 19 heavy (non-hydrogen) atoms. The quantitative estimate of drug-likeness (QED) is 0.682. The van der Waals surface area contributed by atoms with Crippen LogP contribution in [0.4, 0.5) is 4.79 Å². The minimum atomic E-state index is -1.24. The Balaban J connectivity index is 4.81. The highest BCUT2D eigenvalue weighted by molar-refractivity contribution is 5.82. The van der Waals surface area contributed by atoms with Crippen LogP contribution in [0.25, 0.3) is 0 Å². The van der Waals surface area contributed by atoms with Crippen molar-refractivity contribution in [3.8, 4) is 0 Å². The molecule has 0 aliphatic heterocycles. The van der Waals surface area contributed by atoms with E-state index in [1.807, 2.05) is 0 Å². The SMILES string of the molecule is CC(C(N)=O)C(C)[C@H](NC(=O)OC(C)(C)C)C(=O)O. The largest absolute Gasteiger partial charge is 0.480 e. The van der Waals surface area contributed by atoms with Crippen molar-refractivity contribution in [3.63, 3.8) is 0 Å². The monoisotopic (exact) mass is 274 g/mol. The minimum Gasteiger partial charge on any atom is -0.480 e. The average Bonchev–Trinajstić information content (AvgIpc) is 2.20. The van der Waals surface area contributed by atoms with Crippen LogP contribution in [0.5, 0.6) is 0 Å². The molecule has 7 heteroatoms. The summed E-state index contributed by atoms with van der Waals surface area (Å²) in [7, 11) is 0. The summed E-state index contributed by atoms with van der Waals surface area (Å²) < 4.78 is 4.98. The molecule has 0 heterocycles. The van der Waals surface area contributed by atoms with Gasteiger partial charge >= 0.3 is 12.1 Å². The third kappa shape index (κ3) is 6.08. The van der Waals surface area contributed by atoms with E-state index in [1.54, 1.807) is 20.8 Å². The molecule has 0 aromatic heterocycles. The fourth-order valence-electron chi connectivity index (χ4n) is 1.40. The van der Waals surface area contributed by atoms with Gasteiger partial charge in [0.2, 0.25) is 5.91 Å². The molecule has 110 valence electrons. The molecule has 0 aliphatic carbocycles. The molecule has 0 aromatic carbocycles. The third-order valence-corrected chi connectivity index (χ3v) is 2.70. The lowest BCUT2D eigenvalue weighted by Crippen LogP contribution is -2.50. The highest BCUT2D eigenvalue weighted by Crippen LogP contribution is 2.16. The topological polar surface area (TPSA) is 119 Å². The summed E-state index contributed by atoms with van der Waals surface area (Å²) in [5.74, 6) is -3.20. The molecule has 3 atom stereocenters. The highest BCUT2D eigenvalue weighted by atomic mass is 16.6. The van der Waals surface area contributed by atoms with E-state index in [9.17, 15) is 14.4 Å². The number of aliphatic carboxylic acids is 1. The summed E-state index contributed by atoms with van der Waals surface area (Å²) in [5.41, 5.74) is 4.40. The number of carboxylic acid groups (broad SMARTS) is 1. The second kappa shape index (κ2) is 6.40. The number of nitrogens with two attached hydrogens (primary N) is 1. The molecule has 4 N–H and O–H groups in total. The number of carboxylic acids is 1. The number of ether oxygens (including phenoxy) is 1. The predicted octanol–water partition coefficient (Wildman–Crippen LogP) is 0.722. The molecule has 0 fully saturated rings. The Labute approximate surface area is 112 Å². The van der Waals surface area contributed by atoms with Gasteiger partial charge in [-0.05, 0) is 26.7 Å². The molecular weight excluding hydrogens is 252 g/mol. The maximum Gasteiger partial charge on any atom is 0.408 e. The molecule has 2 amide bonds. The van der Waals surface area contributed by atoms with E-state index in [0.717, 1.165) is 0 Å². The molecule has 0 aliphatic rings. The zero-order valence-corrected chi connectivity index (χ0v) is 11.9. The van der Waals surface area contributed by atoms with Crippen molar-refractivity contribution in [2.45, 2.75) is 46.3 Å². The fourth-order valence-corrected chi connectivity index (χ4v) is 1.40. The van der Waals surface area contributed by atoms with Crippen molar-refractivity contribution in [2.24, 2.45) is 17.6 Å². The van der Waals surface area contributed by atoms with E-state index in [-0.39, 0.29) is 0 Å². The van der Waals surface area contributed by atoms with Gasteiger partial charge in [-0.1, -0.05) is 13.8 Å². The first-order chi connectivity index (χ1) is 8.45. The van der Waals surface area contributed by atoms with Gasteiger partial charge < -0.3 is 20.9 Å². The lowest BCUT2D eigenvalue weighted by molar-refractivity contribution is -0.141. The second-order valence-electron chi connectivity index (χ2n) is 5.51. The van der Waals surface area contributed by atoms with Gasteiger partial charge in [0.15, 0.2) is 0 Å². The van der Waals surface area contributed by atoms with E-state index >= 15 is 0 Å². The van der Waals surface area contributed by atoms with Crippen LogP contribution in [0, 0.1) is 11.8 Å². The van der Waals surface area contributed by atoms with Crippen LogP contribution in [-0.4, -0.2) is 34.7 Å². The zero-order valence-electron chi connectivity index (χ0n) is 11.9. The van der Waals surface area contributed by atoms with Crippen LogP contribution < -0.4 is 11.1 Å². The van der Waals surface area contributed by atoms with Gasteiger partial charge in [-0.2, -0.15) is 0 Å². The molecule has 0 rings (SSSR count). The average molecular weight is 274 g/mol. The molecule has 0 bridgehead atoms. The molecule has 7 nitrogen and oxygen atoms in total. The van der Waals surface area contributed by atoms with E-state index in [4.69, 9.17) is 15.6 Å². The summed E-state index contributed by atoms with van der Waals surface area (Å²) in [4.78, 5) is 33.8. The Bertz CT molecular complexity index is 362. The Kier molecular flexibility index (Phi) is 5.80.